The molecule has 0 aromatic heterocycles. The number of hydrogen-bond acceptors (Lipinski definition) is 5. The van der Waals surface area contributed by atoms with Crippen molar-refractivity contribution in [2.75, 3.05) is 0 Å². The van der Waals surface area contributed by atoms with E-state index in [4.69, 9.17) is 9.57 Å². The van der Waals surface area contributed by atoms with Gasteiger partial charge in [-0.15, -0.1) is 0 Å². The molecule has 0 aliphatic rings. The Labute approximate surface area is 145 Å². The van der Waals surface area contributed by atoms with E-state index in [0.29, 0.717) is 0 Å². The second-order valence-electron chi connectivity index (χ2n) is 5.43. The van der Waals surface area contributed by atoms with E-state index < -0.39 is 24.3 Å². The average Bonchev–Trinajstić information content (AvgIpc) is 2.64. The number of rotatable bonds is 8. The SMILES string of the molecule is C[C@@H](O)[C@@H](OC(=O)c1ccccc1)[C@H](F)/C=N/OCc1ccccc1. The number of carbonyl (C=O) groups excluding carboxylic acids is 1. The molecule has 2 aromatic rings. The lowest BCUT2D eigenvalue weighted by molar-refractivity contribution is -0.0313. The van der Waals surface area contributed by atoms with Gasteiger partial charge >= 0.3 is 5.97 Å². The average molecular weight is 345 g/mol. The zero-order valence-electron chi connectivity index (χ0n) is 13.8. The number of aliphatic hydroxyl groups excluding tert-OH is 1. The van der Waals surface area contributed by atoms with Crippen LogP contribution in [0.5, 0.6) is 0 Å². The number of alkyl halides is 1. The minimum absolute atomic E-state index is 0.188. The molecule has 5 nitrogen and oxygen atoms in total. The highest BCUT2D eigenvalue weighted by Gasteiger charge is 2.29. The molecular weight excluding hydrogens is 325 g/mol. The number of oxime groups is 1. The fourth-order valence-corrected chi connectivity index (χ4v) is 2.07. The van der Waals surface area contributed by atoms with Crippen LogP contribution < -0.4 is 0 Å². The number of esters is 1. The van der Waals surface area contributed by atoms with Crippen molar-refractivity contribution in [3.8, 4) is 0 Å². The van der Waals surface area contributed by atoms with E-state index >= 15 is 0 Å². The Bertz CT molecular complexity index is 676. The number of carbonyl (C=O) groups is 1. The molecule has 0 saturated carbocycles. The third-order valence-corrected chi connectivity index (χ3v) is 3.39. The Hall–Kier alpha value is -2.73. The molecule has 2 aromatic carbocycles. The number of halogens is 1. The van der Waals surface area contributed by atoms with Gasteiger partial charge in [-0.3, -0.25) is 0 Å². The van der Waals surface area contributed by atoms with Gasteiger partial charge in [-0.25, -0.2) is 9.18 Å². The van der Waals surface area contributed by atoms with Crippen molar-refractivity contribution in [1.29, 1.82) is 0 Å². The van der Waals surface area contributed by atoms with E-state index in [9.17, 15) is 14.3 Å². The summed E-state index contributed by atoms with van der Waals surface area (Å²) in [5.41, 5.74) is 1.16. The van der Waals surface area contributed by atoms with Gasteiger partial charge in [0.05, 0.1) is 17.9 Å². The van der Waals surface area contributed by atoms with E-state index in [1.165, 1.54) is 6.92 Å². The van der Waals surface area contributed by atoms with Crippen molar-refractivity contribution in [2.24, 2.45) is 5.16 Å². The summed E-state index contributed by atoms with van der Waals surface area (Å²) < 4.78 is 19.3. The van der Waals surface area contributed by atoms with Crippen molar-refractivity contribution in [1.82, 2.24) is 0 Å². The summed E-state index contributed by atoms with van der Waals surface area (Å²) in [5, 5.41) is 13.2. The van der Waals surface area contributed by atoms with Crippen molar-refractivity contribution in [3.05, 3.63) is 71.8 Å². The molecular formula is C19H20FNO4. The Morgan fingerprint density at radius 3 is 2.36 bits per heavy atom. The predicted molar refractivity (Wildman–Crippen MR) is 91.9 cm³/mol. The number of aliphatic hydroxyl groups is 1. The molecule has 0 fully saturated rings. The molecule has 3 atom stereocenters. The van der Waals surface area contributed by atoms with Crippen molar-refractivity contribution < 1.29 is 23.9 Å². The molecule has 0 unspecified atom stereocenters. The van der Waals surface area contributed by atoms with Crippen molar-refractivity contribution >= 4 is 12.2 Å². The van der Waals surface area contributed by atoms with Crippen LogP contribution >= 0.6 is 0 Å². The summed E-state index contributed by atoms with van der Waals surface area (Å²) in [7, 11) is 0. The molecule has 1 N–H and O–H groups in total. The van der Waals surface area contributed by atoms with Crippen LogP contribution in [-0.2, 0) is 16.2 Å². The van der Waals surface area contributed by atoms with E-state index in [-0.39, 0.29) is 12.2 Å². The lowest BCUT2D eigenvalue weighted by atomic mass is 10.1. The normalized spacial score (nSPS) is 14.7. The number of ether oxygens (including phenoxy) is 1. The molecule has 0 saturated heterocycles. The van der Waals surface area contributed by atoms with Crippen LogP contribution in [-0.4, -0.2) is 35.7 Å². The maximum Gasteiger partial charge on any atom is 0.338 e. The molecule has 132 valence electrons. The Morgan fingerprint density at radius 2 is 1.76 bits per heavy atom. The van der Waals surface area contributed by atoms with E-state index in [2.05, 4.69) is 5.16 Å². The summed E-state index contributed by atoms with van der Waals surface area (Å²) in [6, 6.07) is 17.5. The summed E-state index contributed by atoms with van der Waals surface area (Å²) in [6.07, 6.45) is -3.51. The fourth-order valence-electron chi connectivity index (χ4n) is 2.07. The molecule has 0 bridgehead atoms. The topological polar surface area (TPSA) is 68.1 Å². The molecule has 25 heavy (non-hydrogen) atoms. The molecule has 6 heteroatoms. The zero-order chi connectivity index (χ0) is 18.1. The first kappa shape index (κ1) is 18.6. The summed E-state index contributed by atoms with van der Waals surface area (Å²) >= 11 is 0. The molecule has 0 radical (unpaired) electrons. The van der Waals surface area contributed by atoms with E-state index in [0.717, 1.165) is 11.8 Å². The second-order valence-corrected chi connectivity index (χ2v) is 5.43. The highest BCUT2D eigenvalue weighted by Crippen LogP contribution is 2.12. The summed E-state index contributed by atoms with van der Waals surface area (Å²) in [6.45, 7) is 1.53. The van der Waals surface area contributed by atoms with Gasteiger partial charge in [0, 0.05) is 0 Å². The summed E-state index contributed by atoms with van der Waals surface area (Å²) in [5.74, 6) is -0.715. The first-order valence-corrected chi connectivity index (χ1v) is 7.85. The molecule has 0 aliphatic carbocycles. The number of benzene rings is 2. The molecule has 0 spiro atoms. The van der Waals surface area contributed by atoms with Gasteiger partial charge in [-0.2, -0.15) is 0 Å². The van der Waals surface area contributed by atoms with Crippen LogP contribution in [0.4, 0.5) is 4.39 Å². The first-order valence-electron chi connectivity index (χ1n) is 7.85. The smallest absolute Gasteiger partial charge is 0.338 e. The van der Waals surface area contributed by atoms with Crippen molar-refractivity contribution in [2.45, 2.75) is 31.9 Å². The lowest BCUT2D eigenvalue weighted by Gasteiger charge is -2.21. The van der Waals surface area contributed by atoms with Crippen LogP contribution in [0.3, 0.4) is 0 Å². The van der Waals surface area contributed by atoms with Crippen LogP contribution in [0.15, 0.2) is 65.8 Å². The van der Waals surface area contributed by atoms with Crippen LogP contribution in [0, 0.1) is 0 Å². The minimum Gasteiger partial charge on any atom is -0.452 e. The lowest BCUT2D eigenvalue weighted by Crippen LogP contribution is -2.38. The monoisotopic (exact) mass is 345 g/mol. The maximum absolute atomic E-state index is 14.3. The van der Waals surface area contributed by atoms with Gasteiger partial charge < -0.3 is 14.7 Å². The predicted octanol–water partition coefficient (Wildman–Crippen LogP) is 3.13. The fraction of sp³-hybridized carbons (Fsp3) is 0.263. The van der Waals surface area contributed by atoms with E-state index in [1.54, 1.807) is 30.3 Å². The van der Waals surface area contributed by atoms with Crippen LogP contribution in [0.2, 0.25) is 0 Å². The van der Waals surface area contributed by atoms with Gasteiger partial charge in [-0.1, -0.05) is 53.7 Å². The minimum atomic E-state index is -1.80. The quantitative estimate of drug-likeness (QED) is 0.453. The highest BCUT2D eigenvalue weighted by atomic mass is 19.1. The molecule has 0 aliphatic heterocycles. The van der Waals surface area contributed by atoms with Crippen LogP contribution in [0.1, 0.15) is 22.8 Å². The van der Waals surface area contributed by atoms with Crippen molar-refractivity contribution in [3.63, 3.8) is 0 Å². The Morgan fingerprint density at radius 1 is 1.16 bits per heavy atom. The third kappa shape index (κ3) is 6.00. The number of nitrogens with zero attached hydrogens (tertiary/aromatic N) is 1. The molecule has 0 heterocycles. The van der Waals surface area contributed by atoms with E-state index in [1.807, 2.05) is 30.3 Å². The number of hydrogen-bond donors (Lipinski definition) is 1. The van der Waals surface area contributed by atoms with Crippen LogP contribution in [0.25, 0.3) is 0 Å². The Kier molecular flexibility index (Phi) is 7.10. The Balaban J connectivity index is 1.90. The first-order chi connectivity index (χ1) is 12.1. The third-order valence-electron chi connectivity index (χ3n) is 3.39. The second kappa shape index (κ2) is 9.54. The largest absolute Gasteiger partial charge is 0.452 e. The standard InChI is InChI=1S/C19H20FNO4/c1-14(22)18(25-19(23)16-10-6-3-7-11-16)17(20)12-21-24-13-15-8-4-2-5-9-15/h2-12,14,17-18,22H,13H2,1H3/b21-12+/t14-,17-,18-/m1/s1. The van der Waals surface area contributed by atoms with Gasteiger partial charge in [0.25, 0.3) is 0 Å². The van der Waals surface area contributed by atoms with Gasteiger partial charge in [-0.05, 0) is 24.6 Å². The van der Waals surface area contributed by atoms with Gasteiger partial charge in [0.15, 0.2) is 12.3 Å². The maximum atomic E-state index is 14.3. The molecule has 0 amide bonds. The van der Waals surface area contributed by atoms with Gasteiger partial charge in [0.2, 0.25) is 0 Å². The van der Waals surface area contributed by atoms with Gasteiger partial charge in [0.1, 0.15) is 6.61 Å². The summed E-state index contributed by atoms with van der Waals surface area (Å²) in [4.78, 5) is 17.0. The molecule has 2 rings (SSSR count). The highest BCUT2D eigenvalue weighted by molar-refractivity contribution is 5.89. The zero-order valence-corrected chi connectivity index (χ0v) is 13.8.